The topological polar surface area (TPSA) is 44.8 Å². The van der Waals surface area contributed by atoms with Gasteiger partial charge in [-0.15, -0.1) is 0 Å². The Bertz CT molecular complexity index is 678. The molecule has 1 aliphatic rings. The van der Waals surface area contributed by atoms with Gasteiger partial charge in [0, 0.05) is 0 Å². The number of hydrogen-bond donors (Lipinski definition) is 0. The van der Waals surface area contributed by atoms with Crippen molar-refractivity contribution in [3.63, 3.8) is 0 Å². The second-order valence-corrected chi connectivity index (χ2v) is 5.03. The molecule has 0 unspecified atom stereocenters. The summed E-state index contributed by atoms with van der Waals surface area (Å²) in [6.45, 7) is 4.14. The molecule has 1 heterocycles. The molecule has 1 atom stereocenters. The molecule has 0 fully saturated rings. The third kappa shape index (κ3) is 2.84. The van der Waals surface area contributed by atoms with Gasteiger partial charge in [-0.1, -0.05) is 18.2 Å². The number of ether oxygens (including phenoxy) is 3. The smallest absolute Gasteiger partial charge is 0.356 e. The molecule has 0 saturated heterocycles. The highest BCUT2D eigenvalue weighted by atomic mass is 16.6. The van der Waals surface area contributed by atoms with E-state index in [1.165, 1.54) is 0 Å². The van der Waals surface area contributed by atoms with E-state index in [4.69, 9.17) is 14.2 Å². The van der Waals surface area contributed by atoms with E-state index in [1.54, 1.807) is 18.2 Å². The Morgan fingerprint density at radius 1 is 1.10 bits per heavy atom. The lowest BCUT2D eigenvalue weighted by Crippen LogP contribution is -2.39. The van der Waals surface area contributed by atoms with Crippen LogP contribution in [0.15, 0.2) is 42.5 Å². The lowest BCUT2D eigenvalue weighted by Gasteiger charge is -2.24. The van der Waals surface area contributed by atoms with Crippen LogP contribution >= 0.6 is 0 Å². The standard InChI is InChI=1S/C17H16O4/c1-11-7-8-13(9-12(11)2)20-17(18)16-10-19-14-5-3-4-6-15(14)21-16/h3-9,16H,10H2,1-2H3/t16-/m0/s1. The first-order chi connectivity index (χ1) is 10.1. The van der Waals surface area contributed by atoms with Gasteiger partial charge in [-0.2, -0.15) is 0 Å². The van der Waals surface area contributed by atoms with E-state index in [-0.39, 0.29) is 6.61 Å². The first kappa shape index (κ1) is 13.5. The van der Waals surface area contributed by atoms with Gasteiger partial charge in [-0.3, -0.25) is 0 Å². The SMILES string of the molecule is Cc1ccc(OC(=O)[C@@H]2COc3ccccc3O2)cc1C. The molecule has 2 aromatic rings. The molecule has 0 radical (unpaired) electrons. The second-order valence-electron chi connectivity index (χ2n) is 5.03. The fourth-order valence-electron chi connectivity index (χ4n) is 2.09. The Morgan fingerprint density at radius 3 is 2.62 bits per heavy atom. The van der Waals surface area contributed by atoms with Crippen molar-refractivity contribution in [1.29, 1.82) is 0 Å². The van der Waals surface area contributed by atoms with E-state index >= 15 is 0 Å². The van der Waals surface area contributed by atoms with Gasteiger partial charge in [-0.05, 0) is 49.2 Å². The van der Waals surface area contributed by atoms with Crippen molar-refractivity contribution < 1.29 is 19.0 Å². The van der Waals surface area contributed by atoms with Gasteiger partial charge in [0.25, 0.3) is 0 Å². The van der Waals surface area contributed by atoms with E-state index in [9.17, 15) is 4.79 Å². The van der Waals surface area contributed by atoms with Crippen LogP contribution in [0.3, 0.4) is 0 Å². The maximum Gasteiger partial charge on any atom is 0.356 e. The van der Waals surface area contributed by atoms with Crippen LogP contribution in [0.5, 0.6) is 17.2 Å². The van der Waals surface area contributed by atoms with Crippen LogP contribution in [0.4, 0.5) is 0 Å². The quantitative estimate of drug-likeness (QED) is 0.628. The highest BCUT2D eigenvalue weighted by Crippen LogP contribution is 2.31. The van der Waals surface area contributed by atoms with E-state index in [0.717, 1.165) is 11.1 Å². The summed E-state index contributed by atoms with van der Waals surface area (Å²) in [4.78, 5) is 12.1. The molecule has 0 spiro atoms. The highest BCUT2D eigenvalue weighted by molar-refractivity contribution is 5.78. The van der Waals surface area contributed by atoms with Crippen LogP contribution in [0.1, 0.15) is 11.1 Å². The van der Waals surface area contributed by atoms with Crippen molar-refractivity contribution in [2.45, 2.75) is 20.0 Å². The molecule has 3 rings (SSSR count). The van der Waals surface area contributed by atoms with Crippen LogP contribution in [0.2, 0.25) is 0 Å². The molecule has 4 nitrogen and oxygen atoms in total. The Morgan fingerprint density at radius 2 is 1.86 bits per heavy atom. The first-order valence-electron chi connectivity index (χ1n) is 6.81. The molecule has 0 amide bonds. The number of carbonyl (C=O) groups is 1. The van der Waals surface area contributed by atoms with E-state index < -0.39 is 12.1 Å². The normalized spacial score (nSPS) is 16.4. The summed E-state index contributed by atoms with van der Waals surface area (Å²) in [7, 11) is 0. The van der Waals surface area contributed by atoms with E-state index in [1.807, 2.05) is 38.1 Å². The molecule has 108 valence electrons. The molecule has 21 heavy (non-hydrogen) atoms. The monoisotopic (exact) mass is 284 g/mol. The van der Waals surface area contributed by atoms with Gasteiger partial charge in [0.05, 0.1) is 0 Å². The van der Waals surface area contributed by atoms with Crippen LogP contribution < -0.4 is 14.2 Å². The summed E-state index contributed by atoms with van der Waals surface area (Å²) in [5.41, 5.74) is 2.23. The van der Waals surface area contributed by atoms with Crippen LogP contribution in [0.25, 0.3) is 0 Å². The zero-order valence-electron chi connectivity index (χ0n) is 12.0. The fourth-order valence-corrected chi connectivity index (χ4v) is 2.09. The zero-order chi connectivity index (χ0) is 14.8. The summed E-state index contributed by atoms with van der Waals surface area (Å²) in [5, 5.41) is 0. The number of para-hydroxylation sites is 2. The third-order valence-corrected chi connectivity index (χ3v) is 3.47. The molecular formula is C17H16O4. The summed E-state index contributed by atoms with van der Waals surface area (Å²) >= 11 is 0. The van der Waals surface area contributed by atoms with E-state index in [0.29, 0.717) is 17.2 Å². The predicted molar refractivity (Wildman–Crippen MR) is 77.9 cm³/mol. The Kier molecular flexibility index (Phi) is 3.52. The minimum absolute atomic E-state index is 0.153. The zero-order valence-corrected chi connectivity index (χ0v) is 12.0. The number of benzene rings is 2. The van der Waals surface area contributed by atoms with Crippen molar-refractivity contribution >= 4 is 5.97 Å². The average molecular weight is 284 g/mol. The van der Waals surface area contributed by atoms with Gasteiger partial charge in [0.15, 0.2) is 11.5 Å². The van der Waals surface area contributed by atoms with Crippen molar-refractivity contribution in [3.05, 3.63) is 53.6 Å². The highest BCUT2D eigenvalue weighted by Gasteiger charge is 2.29. The molecule has 0 aromatic heterocycles. The summed E-state index contributed by atoms with van der Waals surface area (Å²) < 4.78 is 16.5. The van der Waals surface area contributed by atoms with Gasteiger partial charge in [0.1, 0.15) is 12.4 Å². The summed E-state index contributed by atoms with van der Waals surface area (Å²) in [6.07, 6.45) is -0.749. The number of aryl methyl sites for hydroxylation is 2. The molecule has 0 bridgehead atoms. The molecular weight excluding hydrogens is 268 g/mol. The largest absolute Gasteiger partial charge is 0.485 e. The van der Waals surface area contributed by atoms with Crippen LogP contribution in [-0.2, 0) is 4.79 Å². The maximum absolute atomic E-state index is 12.1. The summed E-state index contributed by atoms with van der Waals surface area (Å²) in [5.74, 6) is 1.27. The molecule has 0 saturated carbocycles. The van der Waals surface area contributed by atoms with Gasteiger partial charge in [0.2, 0.25) is 6.10 Å². The van der Waals surface area contributed by atoms with Crippen molar-refractivity contribution in [1.82, 2.24) is 0 Å². The van der Waals surface area contributed by atoms with Crippen molar-refractivity contribution in [3.8, 4) is 17.2 Å². The predicted octanol–water partition coefficient (Wildman–Crippen LogP) is 3.05. The third-order valence-electron chi connectivity index (χ3n) is 3.47. The van der Waals surface area contributed by atoms with Crippen LogP contribution in [-0.4, -0.2) is 18.7 Å². The molecule has 0 aliphatic carbocycles. The number of hydrogen-bond acceptors (Lipinski definition) is 4. The lowest BCUT2D eigenvalue weighted by molar-refractivity contribution is -0.144. The molecule has 2 aromatic carbocycles. The maximum atomic E-state index is 12.1. The number of carbonyl (C=O) groups excluding carboxylic acids is 1. The van der Waals surface area contributed by atoms with Gasteiger partial charge < -0.3 is 14.2 Å². The minimum Gasteiger partial charge on any atom is -0.485 e. The summed E-state index contributed by atoms with van der Waals surface area (Å²) in [6, 6.07) is 12.8. The Balaban J connectivity index is 1.70. The lowest BCUT2D eigenvalue weighted by atomic mass is 10.1. The Hall–Kier alpha value is -2.49. The van der Waals surface area contributed by atoms with Gasteiger partial charge >= 0.3 is 5.97 Å². The minimum atomic E-state index is -0.749. The van der Waals surface area contributed by atoms with Crippen molar-refractivity contribution in [2.75, 3.05) is 6.61 Å². The van der Waals surface area contributed by atoms with Crippen LogP contribution in [0, 0.1) is 13.8 Å². The fraction of sp³-hybridized carbons (Fsp3) is 0.235. The molecule has 1 aliphatic heterocycles. The first-order valence-corrected chi connectivity index (χ1v) is 6.81. The average Bonchev–Trinajstić information content (AvgIpc) is 2.50. The molecule has 0 N–H and O–H groups in total. The Labute approximate surface area is 123 Å². The number of fused-ring (bicyclic) bond motifs is 1. The number of rotatable bonds is 2. The number of esters is 1. The van der Waals surface area contributed by atoms with Crippen molar-refractivity contribution in [2.24, 2.45) is 0 Å². The molecule has 4 heteroatoms. The van der Waals surface area contributed by atoms with Gasteiger partial charge in [-0.25, -0.2) is 4.79 Å². The second kappa shape index (κ2) is 5.48. The van der Waals surface area contributed by atoms with E-state index in [2.05, 4.69) is 0 Å².